The minimum absolute atomic E-state index is 0. The minimum atomic E-state index is -0.785. The highest BCUT2D eigenvalue weighted by Crippen LogP contribution is 2.41. The average Bonchev–Trinajstić information content (AvgIpc) is 3.37. The summed E-state index contributed by atoms with van der Waals surface area (Å²) in [5, 5.41) is 3.50. The third-order valence-electron chi connectivity index (χ3n) is 4.65. The molecule has 2 nitrogen and oxygen atoms in total. The Bertz CT molecular complexity index is 737. The van der Waals surface area contributed by atoms with Gasteiger partial charge in [-0.15, -0.1) is 31.4 Å². The molecule has 0 heterocycles. The van der Waals surface area contributed by atoms with Crippen LogP contribution in [0.4, 0.5) is 8.78 Å². The second-order valence-electron chi connectivity index (χ2n) is 6.81. The Hall–Kier alpha value is -1.46. The van der Waals surface area contributed by atoms with E-state index in [1.54, 1.807) is 6.07 Å². The Morgan fingerprint density at radius 1 is 1.07 bits per heavy atom. The van der Waals surface area contributed by atoms with Crippen molar-refractivity contribution in [3.05, 3.63) is 83.4 Å². The van der Waals surface area contributed by atoms with Gasteiger partial charge in [0.15, 0.2) is 11.6 Å². The molecule has 2 aromatic carbocycles. The Morgan fingerprint density at radius 2 is 1.74 bits per heavy atom. The van der Waals surface area contributed by atoms with Crippen molar-refractivity contribution in [3.63, 3.8) is 0 Å². The average molecular weight is 415 g/mol. The Kier molecular flexibility index (Phi) is 9.40. The fraction of sp³-hybridized carbons (Fsp3) is 0.333. The molecule has 0 bridgehead atoms. The molecule has 0 aliphatic heterocycles. The highest BCUT2D eigenvalue weighted by atomic mass is 35.5. The topological polar surface area (TPSA) is 15.3 Å². The van der Waals surface area contributed by atoms with Crippen LogP contribution < -0.4 is 5.32 Å². The highest BCUT2D eigenvalue weighted by molar-refractivity contribution is 5.85. The number of likely N-dealkylation sites (N-methyl/N-ethyl adjacent to an activating group) is 1. The van der Waals surface area contributed by atoms with Crippen molar-refractivity contribution >= 4 is 24.8 Å². The number of hydrogen-bond acceptors (Lipinski definition) is 2. The largest absolute Gasteiger partial charge is 0.309 e. The number of nitrogens with zero attached hydrogens (tertiary/aromatic N) is 1. The standard InChI is InChI=1S/C21H24F2N2.2ClH/c1-3-10-25(2)14-16-6-4-15(5-7-16)13-24-21-12-18(21)17-8-9-19(22)20(23)11-17;;/h3-9,11,18,21,24H,1,10,12-14H2,2H3;2*1H/t18-,21+;;/m0../s1. The van der Waals surface area contributed by atoms with E-state index in [0.29, 0.717) is 6.04 Å². The van der Waals surface area contributed by atoms with Crippen LogP contribution in [0.15, 0.2) is 55.1 Å². The van der Waals surface area contributed by atoms with Crippen molar-refractivity contribution in [2.24, 2.45) is 0 Å². The molecule has 0 radical (unpaired) electrons. The molecule has 0 amide bonds. The summed E-state index contributed by atoms with van der Waals surface area (Å²) in [6.07, 6.45) is 2.87. The first-order valence-electron chi connectivity index (χ1n) is 8.62. The summed E-state index contributed by atoms with van der Waals surface area (Å²) < 4.78 is 26.3. The van der Waals surface area contributed by atoms with Gasteiger partial charge in [-0.25, -0.2) is 8.78 Å². The first-order valence-corrected chi connectivity index (χ1v) is 8.62. The van der Waals surface area contributed by atoms with E-state index in [-0.39, 0.29) is 30.7 Å². The van der Waals surface area contributed by atoms with Crippen LogP contribution in [0, 0.1) is 11.6 Å². The first-order chi connectivity index (χ1) is 12.1. The molecule has 1 aliphatic rings. The van der Waals surface area contributed by atoms with E-state index in [1.807, 2.05) is 6.08 Å². The molecule has 2 aromatic rings. The number of benzene rings is 2. The Balaban J connectivity index is 0.00000182. The normalized spacial score (nSPS) is 17.8. The van der Waals surface area contributed by atoms with Crippen molar-refractivity contribution in [1.29, 1.82) is 0 Å². The molecule has 0 saturated heterocycles. The molecule has 148 valence electrons. The molecule has 6 heteroatoms. The van der Waals surface area contributed by atoms with Crippen LogP contribution in [0.1, 0.15) is 29.0 Å². The van der Waals surface area contributed by atoms with Gasteiger partial charge in [0.25, 0.3) is 0 Å². The van der Waals surface area contributed by atoms with Gasteiger partial charge in [0, 0.05) is 31.6 Å². The second-order valence-corrected chi connectivity index (χ2v) is 6.81. The summed E-state index contributed by atoms with van der Waals surface area (Å²) in [6.45, 7) is 6.31. The van der Waals surface area contributed by atoms with Crippen molar-refractivity contribution in [2.45, 2.75) is 31.5 Å². The summed E-state index contributed by atoms with van der Waals surface area (Å²) >= 11 is 0. The van der Waals surface area contributed by atoms with E-state index in [4.69, 9.17) is 0 Å². The Morgan fingerprint density at radius 3 is 2.37 bits per heavy atom. The zero-order valence-corrected chi connectivity index (χ0v) is 17.0. The molecule has 1 N–H and O–H groups in total. The predicted molar refractivity (Wildman–Crippen MR) is 112 cm³/mol. The molecule has 3 rings (SSSR count). The monoisotopic (exact) mass is 414 g/mol. The van der Waals surface area contributed by atoms with E-state index < -0.39 is 11.6 Å². The van der Waals surface area contributed by atoms with E-state index in [0.717, 1.165) is 31.6 Å². The minimum Gasteiger partial charge on any atom is -0.309 e. The number of nitrogens with one attached hydrogen (secondary N) is 1. The lowest BCUT2D eigenvalue weighted by Crippen LogP contribution is -2.18. The quantitative estimate of drug-likeness (QED) is 0.606. The van der Waals surface area contributed by atoms with Crippen LogP contribution in [0.5, 0.6) is 0 Å². The SMILES string of the molecule is C=CCN(C)Cc1ccc(CN[C@@H]2C[C@H]2c2ccc(F)c(F)c2)cc1.Cl.Cl. The number of rotatable bonds is 8. The third kappa shape index (κ3) is 6.58. The number of halogens is 4. The molecule has 2 atom stereocenters. The summed E-state index contributed by atoms with van der Waals surface area (Å²) in [5.41, 5.74) is 3.38. The molecule has 27 heavy (non-hydrogen) atoms. The van der Waals surface area contributed by atoms with Gasteiger partial charge in [0.2, 0.25) is 0 Å². The maximum atomic E-state index is 13.3. The lowest BCUT2D eigenvalue weighted by atomic mass is 10.1. The maximum absolute atomic E-state index is 13.3. The second kappa shape index (κ2) is 10.8. The summed E-state index contributed by atoms with van der Waals surface area (Å²) in [4.78, 5) is 2.21. The van der Waals surface area contributed by atoms with Gasteiger partial charge >= 0.3 is 0 Å². The van der Waals surface area contributed by atoms with E-state index in [2.05, 4.69) is 48.1 Å². The van der Waals surface area contributed by atoms with Crippen LogP contribution >= 0.6 is 24.8 Å². The van der Waals surface area contributed by atoms with Crippen molar-refractivity contribution < 1.29 is 8.78 Å². The molecule has 0 unspecified atom stereocenters. The molecule has 1 aliphatic carbocycles. The molecule has 0 aromatic heterocycles. The molecule has 1 saturated carbocycles. The zero-order chi connectivity index (χ0) is 17.8. The van der Waals surface area contributed by atoms with Gasteiger partial charge in [-0.1, -0.05) is 36.4 Å². The van der Waals surface area contributed by atoms with Gasteiger partial charge in [-0.3, -0.25) is 4.90 Å². The number of hydrogen-bond donors (Lipinski definition) is 1. The van der Waals surface area contributed by atoms with Crippen LogP contribution in [-0.4, -0.2) is 24.5 Å². The predicted octanol–water partition coefficient (Wildman–Crippen LogP) is 5.07. The lowest BCUT2D eigenvalue weighted by molar-refractivity contribution is 0.363. The van der Waals surface area contributed by atoms with E-state index in [9.17, 15) is 8.78 Å². The molecule has 0 spiro atoms. The van der Waals surface area contributed by atoms with Crippen LogP contribution in [-0.2, 0) is 13.1 Å². The molecule has 1 fully saturated rings. The summed E-state index contributed by atoms with van der Waals surface area (Å²) in [7, 11) is 2.07. The van der Waals surface area contributed by atoms with Crippen molar-refractivity contribution in [3.8, 4) is 0 Å². The highest BCUT2D eigenvalue weighted by Gasteiger charge is 2.38. The van der Waals surface area contributed by atoms with Gasteiger partial charge in [0.1, 0.15) is 0 Å². The smallest absolute Gasteiger partial charge is 0.159 e. The van der Waals surface area contributed by atoms with Gasteiger partial charge in [-0.05, 0) is 42.3 Å². The summed E-state index contributed by atoms with van der Waals surface area (Å²) in [5.74, 6) is -1.27. The van der Waals surface area contributed by atoms with Crippen LogP contribution in [0.25, 0.3) is 0 Å². The fourth-order valence-electron chi connectivity index (χ4n) is 3.14. The van der Waals surface area contributed by atoms with Gasteiger partial charge in [-0.2, -0.15) is 0 Å². The van der Waals surface area contributed by atoms with Gasteiger partial charge < -0.3 is 5.32 Å². The van der Waals surface area contributed by atoms with Crippen LogP contribution in [0.3, 0.4) is 0 Å². The molecular formula is C21H26Cl2F2N2. The van der Waals surface area contributed by atoms with Crippen LogP contribution in [0.2, 0.25) is 0 Å². The van der Waals surface area contributed by atoms with E-state index >= 15 is 0 Å². The zero-order valence-electron chi connectivity index (χ0n) is 15.3. The van der Waals surface area contributed by atoms with Crippen molar-refractivity contribution in [1.82, 2.24) is 10.2 Å². The lowest BCUT2D eigenvalue weighted by Gasteiger charge is -2.14. The van der Waals surface area contributed by atoms with E-state index in [1.165, 1.54) is 23.3 Å². The summed E-state index contributed by atoms with van der Waals surface area (Å²) in [6, 6.07) is 13.1. The maximum Gasteiger partial charge on any atom is 0.159 e. The third-order valence-corrected chi connectivity index (χ3v) is 4.65. The molecular weight excluding hydrogens is 389 g/mol. The van der Waals surface area contributed by atoms with Crippen molar-refractivity contribution in [2.75, 3.05) is 13.6 Å². The fourth-order valence-corrected chi connectivity index (χ4v) is 3.14. The Labute approximate surface area is 172 Å². The first kappa shape index (κ1) is 23.6. The van der Waals surface area contributed by atoms with Gasteiger partial charge in [0.05, 0.1) is 0 Å².